The average Bonchev–Trinajstić information content (AvgIpc) is 2.75. The first-order valence-electron chi connectivity index (χ1n) is 9.25. The Hall–Kier alpha value is -3.97. The van der Waals surface area contributed by atoms with Gasteiger partial charge in [0.25, 0.3) is 0 Å². The smallest absolute Gasteiger partial charge is 0.208 e. The molecule has 0 aliphatic rings. The summed E-state index contributed by atoms with van der Waals surface area (Å²) in [5.41, 5.74) is 1.72. The van der Waals surface area contributed by atoms with Crippen LogP contribution in [0.5, 0.6) is 23.0 Å². The van der Waals surface area contributed by atoms with E-state index in [4.69, 9.17) is 0 Å². The zero-order chi connectivity index (χ0) is 22.2. The van der Waals surface area contributed by atoms with Crippen molar-refractivity contribution < 1.29 is 28.8 Å². The summed E-state index contributed by atoms with van der Waals surface area (Å²) in [6, 6.07) is 20.1. The first kappa shape index (κ1) is 20.3. The molecule has 0 fully saturated rings. The summed E-state index contributed by atoms with van der Waals surface area (Å²) in [4.78, 5) is -0.298. The van der Waals surface area contributed by atoms with Crippen LogP contribution in [0.2, 0.25) is 0 Å². The summed E-state index contributed by atoms with van der Waals surface area (Å²) in [6.07, 6.45) is 0. The van der Waals surface area contributed by atoms with Gasteiger partial charge in [-0.1, -0.05) is 24.3 Å². The van der Waals surface area contributed by atoms with E-state index in [-0.39, 0.29) is 32.8 Å². The third-order valence-electron chi connectivity index (χ3n) is 4.87. The molecule has 7 heteroatoms. The second-order valence-electron chi connectivity index (χ2n) is 6.96. The van der Waals surface area contributed by atoms with Crippen molar-refractivity contribution in [3.63, 3.8) is 0 Å². The summed E-state index contributed by atoms with van der Waals surface area (Å²) < 4.78 is 27.5. The van der Waals surface area contributed by atoms with E-state index in [0.717, 1.165) is 12.1 Å². The standard InChI is InChI=1S/C24H18O6S/c25-17-5-1-15(2-6-17)21-11-9-19(27)13-23(21)31(29,30)24-14-20(28)10-12-22(24)16-3-7-18(26)8-4-16/h1-14,25-28H. The highest BCUT2D eigenvalue weighted by atomic mass is 32.2. The summed E-state index contributed by atoms with van der Waals surface area (Å²) >= 11 is 0. The number of aromatic hydroxyl groups is 4. The van der Waals surface area contributed by atoms with Crippen LogP contribution in [0, 0.1) is 0 Å². The van der Waals surface area contributed by atoms with E-state index >= 15 is 0 Å². The normalized spacial score (nSPS) is 11.4. The number of hydrogen-bond acceptors (Lipinski definition) is 6. The van der Waals surface area contributed by atoms with E-state index in [1.165, 1.54) is 48.5 Å². The van der Waals surface area contributed by atoms with Crippen molar-refractivity contribution in [3.05, 3.63) is 84.9 Å². The fraction of sp³-hybridized carbons (Fsp3) is 0. The van der Waals surface area contributed by atoms with Crippen molar-refractivity contribution in [3.8, 4) is 45.3 Å². The van der Waals surface area contributed by atoms with Crippen molar-refractivity contribution >= 4 is 9.84 Å². The molecule has 0 radical (unpaired) electrons. The molecule has 4 aromatic carbocycles. The zero-order valence-electron chi connectivity index (χ0n) is 16.1. The maximum Gasteiger partial charge on any atom is 0.208 e. The Balaban J connectivity index is 1.96. The number of sulfone groups is 1. The van der Waals surface area contributed by atoms with Crippen LogP contribution in [0.3, 0.4) is 0 Å². The minimum absolute atomic E-state index is 0.0366. The lowest BCUT2D eigenvalue weighted by atomic mass is 10.1. The van der Waals surface area contributed by atoms with Crippen LogP contribution < -0.4 is 0 Å². The van der Waals surface area contributed by atoms with Crippen LogP contribution in [-0.4, -0.2) is 28.8 Å². The van der Waals surface area contributed by atoms with Gasteiger partial charge in [0, 0.05) is 11.1 Å². The summed E-state index contributed by atoms with van der Waals surface area (Å²) in [6.45, 7) is 0. The third kappa shape index (κ3) is 3.91. The van der Waals surface area contributed by atoms with Gasteiger partial charge in [-0.15, -0.1) is 0 Å². The fourth-order valence-corrected chi connectivity index (χ4v) is 5.08. The quantitative estimate of drug-likeness (QED) is 0.371. The van der Waals surface area contributed by atoms with E-state index in [9.17, 15) is 28.8 Å². The van der Waals surface area contributed by atoms with Gasteiger partial charge in [-0.2, -0.15) is 0 Å². The number of rotatable bonds is 4. The predicted molar refractivity (Wildman–Crippen MR) is 116 cm³/mol. The van der Waals surface area contributed by atoms with Gasteiger partial charge < -0.3 is 20.4 Å². The van der Waals surface area contributed by atoms with Crippen LogP contribution in [-0.2, 0) is 9.84 Å². The summed E-state index contributed by atoms with van der Waals surface area (Å²) in [7, 11) is -4.21. The monoisotopic (exact) mass is 434 g/mol. The molecule has 156 valence electrons. The van der Waals surface area contributed by atoms with Crippen LogP contribution in [0.4, 0.5) is 0 Å². The highest BCUT2D eigenvalue weighted by Gasteiger charge is 2.26. The Morgan fingerprint density at radius 3 is 1.13 bits per heavy atom. The number of benzene rings is 4. The summed E-state index contributed by atoms with van der Waals surface area (Å²) in [5.74, 6) is -0.385. The SMILES string of the molecule is O=S(=O)(c1cc(O)ccc1-c1ccc(O)cc1)c1cc(O)ccc1-c1ccc(O)cc1. The Kier molecular flexibility index (Phi) is 5.04. The van der Waals surface area contributed by atoms with Gasteiger partial charge >= 0.3 is 0 Å². The van der Waals surface area contributed by atoms with Gasteiger partial charge in [-0.05, 0) is 71.8 Å². The second kappa shape index (κ2) is 7.70. The Morgan fingerprint density at radius 1 is 0.452 bits per heavy atom. The number of phenols is 4. The van der Waals surface area contributed by atoms with E-state index in [2.05, 4.69) is 0 Å². The molecule has 0 amide bonds. The predicted octanol–water partition coefficient (Wildman–Crippen LogP) is 4.68. The minimum Gasteiger partial charge on any atom is -0.508 e. The van der Waals surface area contributed by atoms with Gasteiger partial charge in [-0.25, -0.2) is 8.42 Å². The van der Waals surface area contributed by atoms with E-state index in [1.54, 1.807) is 24.3 Å². The van der Waals surface area contributed by atoms with Gasteiger partial charge in [-0.3, -0.25) is 0 Å². The van der Waals surface area contributed by atoms with E-state index in [1.807, 2.05) is 0 Å². The molecule has 0 atom stereocenters. The fourth-order valence-electron chi connectivity index (χ4n) is 3.34. The lowest BCUT2D eigenvalue weighted by molar-refractivity contribution is 0.472. The molecule has 0 unspecified atom stereocenters. The molecule has 0 spiro atoms. The lowest BCUT2D eigenvalue weighted by Crippen LogP contribution is -2.06. The molecule has 4 aromatic rings. The van der Waals surface area contributed by atoms with Crippen LogP contribution in [0.1, 0.15) is 0 Å². The van der Waals surface area contributed by atoms with Crippen molar-refractivity contribution in [1.82, 2.24) is 0 Å². The molecular weight excluding hydrogens is 416 g/mol. The average molecular weight is 434 g/mol. The first-order chi connectivity index (χ1) is 14.8. The molecule has 0 aliphatic carbocycles. The molecule has 0 heterocycles. The van der Waals surface area contributed by atoms with Gasteiger partial charge in [0.2, 0.25) is 9.84 Å². The zero-order valence-corrected chi connectivity index (χ0v) is 16.9. The highest BCUT2D eigenvalue weighted by Crippen LogP contribution is 2.39. The van der Waals surface area contributed by atoms with Gasteiger partial charge in [0.15, 0.2) is 0 Å². The Labute approximate surface area is 178 Å². The number of hydrogen-bond donors (Lipinski definition) is 4. The third-order valence-corrected chi connectivity index (χ3v) is 6.70. The van der Waals surface area contributed by atoms with Crippen LogP contribution in [0.15, 0.2) is 94.7 Å². The maximum atomic E-state index is 13.7. The largest absolute Gasteiger partial charge is 0.508 e. The first-order valence-corrected chi connectivity index (χ1v) is 10.7. The molecule has 6 nitrogen and oxygen atoms in total. The number of phenolic OH excluding ortho intramolecular Hbond substituents is 4. The van der Waals surface area contributed by atoms with Crippen molar-refractivity contribution in [1.29, 1.82) is 0 Å². The molecule has 0 bridgehead atoms. The second-order valence-corrected chi connectivity index (χ2v) is 8.84. The molecule has 31 heavy (non-hydrogen) atoms. The lowest BCUT2D eigenvalue weighted by Gasteiger charge is -2.15. The van der Waals surface area contributed by atoms with E-state index < -0.39 is 9.84 Å². The molecule has 0 saturated heterocycles. The Bertz CT molecular complexity index is 1260. The van der Waals surface area contributed by atoms with Crippen molar-refractivity contribution in [2.45, 2.75) is 9.79 Å². The molecule has 0 aliphatic heterocycles. The maximum absolute atomic E-state index is 13.7. The summed E-state index contributed by atoms with van der Waals surface area (Å²) in [5, 5.41) is 39.2. The molecule has 4 rings (SSSR count). The van der Waals surface area contributed by atoms with Crippen LogP contribution in [0.25, 0.3) is 22.3 Å². The Morgan fingerprint density at radius 2 is 0.774 bits per heavy atom. The molecule has 0 saturated carbocycles. The minimum atomic E-state index is -4.21. The highest BCUT2D eigenvalue weighted by molar-refractivity contribution is 7.91. The molecular formula is C24H18O6S. The van der Waals surface area contributed by atoms with Gasteiger partial charge in [0.1, 0.15) is 23.0 Å². The van der Waals surface area contributed by atoms with Crippen molar-refractivity contribution in [2.75, 3.05) is 0 Å². The molecule has 0 aromatic heterocycles. The molecule has 4 N–H and O–H groups in total. The van der Waals surface area contributed by atoms with Crippen LogP contribution >= 0.6 is 0 Å². The topological polar surface area (TPSA) is 115 Å². The van der Waals surface area contributed by atoms with Gasteiger partial charge in [0.05, 0.1) is 9.79 Å². The van der Waals surface area contributed by atoms with Crippen molar-refractivity contribution in [2.24, 2.45) is 0 Å². The van der Waals surface area contributed by atoms with E-state index in [0.29, 0.717) is 22.3 Å².